The van der Waals surface area contributed by atoms with E-state index in [1.54, 1.807) is 11.4 Å². The van der Waals surface area contributed by atoms with E-state index in [0.717, 1.165) is 12.8 Å². The fourth-order valence-electron chi connectivity index (χ4n) is 2.03. The summed E-state index contributed by atoms with van der Waals surface area (Å²) in [7, 11) is 0. The van der Waals surface area contributed by atoms with Crippen LogP contribution in [0.3, 0.4) is 0 Å². The lowest BCUT2D eigenvalue weighted by Gasteiger charge is -2.11. The van der Waals surface area contributed by atoms with Crippen LogP contribution in [0.4, 0.5) is 5.00 Å². The molecule has 5 heteroatoms. The zero-order valence-electron chi connectivity index (χ0n) is 9.53. The first-order valence-electron chi connectivity index (χ1n) is 5.80. The average Bonchev–Trinajstić information content (AvgIpc) is 2.97. The number of hydrogen-bond donors (Lipinski definition) is 2. The van der Waals surface area contributed by atoms with Crippen molar-refractivity contribution in [2.24, 2.45) is 0 Å². The Labute approximate surface area is 105 Å². The highest BCUT2D eigenvalue weighted by Crippen LogP contribution is 2.22. The Hall–Kier alpha value is -1.38. The number of carbonyl (C=O) groups is 1. The van der Waals surface area contributed by atoms with Gasteiger partial charge >= 0.3 is 0 Å². The van der Waals surface area contributed by atoms with Gasteiger partial charge < -0.3 is 10.6 Å². The van der Waals surface area contributed by atoms with Crippen LogP contribution in [-0.2, 0) is 4.79 Å². The van der Waals surface area contributed by atoms with Crippen LogP contribution in [0.15, 0.2) is 11.4 Å². The van der Waals surface area contributed by atoms with Crippen LogP contribution in [0.1, 0.15) is 31.2 Å². The van der Waals surface area contributed by atoms with Gasteiger partial charge in [-0.05, 0) is 24.3 Å². The van der Waals surface area contributed by atoms with Crippen molar-refractivity contribution in [3.05, 3.63) is 17.0 Å². The molecule has 1 aliphatic rings. The van der Waals surface area contributed by atoms with Crippen molar-refractivity contribution < 1.29 is 4.79 Å². The molecule has 0 radical (unpaired) electrons. The zero-order valence-corrected chi connectivity index (χ0v) is 10.3. The maximum atomic E-state index is 11.7. The van der Waals surface area contributed by atoms with Gasteiger partial charge in [0.15, 0.2) is 0 Å². The lowest BCUT2D eigenvalue weighted by atomic mass is 10.2. The van der Waals surface area contributed by atoms with Crippen LogP contribution < -0.4 is 10.6 Å². The van der Waals surface area contributed by atoms with E-state index in [1.807, 2.05) is 0 Å². The summed E-state index contributed by atoms with van der Waals surface area (Å²) in [5.74, 6) is -0.0733. The predicted octanol–water partition coefficient (Wildman–Crippen LogP) is 2.09. The summed E-state index contributed by atoms with van der Waals surface area (Å²) >= 11 is 1.38. The van der Waals surface area contributed by atoms with Crippen molar-refractivity contribution in [2.75, 3.05) is 11.9 Å². The number of carbonyl (C=O) groups excluding carboxylic acids is 1. The molecular weight excluding hydrogens is 234 g/mol. The highest BCUT2D eigenvalue weighted by molar-refractivity contribution is 7.14. The summed E-state index contributed by atoms with van der Waals surface area (Å²) in [4.78, 5) is 11.7. The maximum absolute atomic E-state index is 11.7. The number of thiophene rings is 1. The number of amides is 1. The van der Waals surface area contributed by atoms with Crippen molar-refractivity contribution in [3.8, 4) is 6.07 Å². The lowest BCUT2D eigenvalue weighted by Crippen LogP contribution is -2.34. The molecule has 0 aromatic carbocycles. The molecule has 1 aliphatic carbocycles. The SMILES string of the molecule is N#Cc1ccsc1NC(=O)CNC1CCCC1. The molecule has 2 N–H and O–H groups in total. The smallest absolute Gasteiger partial charge is 0.238 e. The third kappa shape index (κ3) is 3.29. The topological polar surface area (TPSA) is 64.9 Å². The summed E-state index contributed by atoms with van der Waals surface area (Å²) in [5.41, 5.74) is 0.532. The van der Waals surface area contributed by atoms with E-state index in [2.05, 4.69) is 16.7 Å². The number of rotatable bonds is 4. The molecule has 0 bridgehead atoms. The quantitative estimate of drug-likeness (QED) is 0.858. The van der Waals surface area contributed by atoms with Crippen LogP contribution in [0.25, 0.3) is 0 Å². The second-order valence-corrected chi connectivity index (χ2v) is 5.10. The van der Waals surface area contributed by atoms with E-state index >= 15 is 0 Å². The van der Waals surface area contributed by atoms with E-state index in [0.29, 0.717) is 23.2 Å². The van der Waals surface area contributed by atoms with E-state index in [4.69, 9.17) is 5.26 Å². The Balaban J connectivity index is 1.79. The minimum atomic E-state index is -0.0733. The van der Waals surface area contributed by atoms with Crippen LogP contribution >= 0.6 is 11.3 Å². The summed E-state index contributed by atoms with van der Waals surface area (Å²) in [6.07, 6.45) is 4.83. The average molecular weight is 249 g/mol. The molecule has 17 heavy (non-hydrogen) atoms. The summed E-state index contributed by atoms with van der Waals surface area (Å²) in [6.45, 7) is 0.327. The molecular formula is C12H15N3OS. The van der Waals surface area contributed by atoms with Gasteiger partial charge in [0.05, 0.1) is 12.1 Å². The molecule has 4 nitrogen and oxygen atoms in total. The van der Waals surface area contributed by atoms with Crippen molar-refractivity contribution in [1.82, 2.24) is 5.32 Å². The van der Waals surface area contributed by atoms with Gasteiger partial charge in [-0.1, -0.05) is 12.8 Å². The van der Waals surface area contributed by atoms with Gasteiger partial charge in [-0.2, -0.15) is 5.26 Å². The summed E-state index contributed by atoms with van der Waals surface area (Å²) < 4.78 is 0. The third-order valence-corrected chi connectivity index (χ3v) is 3.77. The van der Waals surface area contributed by atoms with Gasteiger partial charge in [-0.15, -0.1) is 11.3 Å². The zero-order chi connectivity index (χ0) is 12.1. The van der Waals surface area contributed by atoms with Crippen LogP contribution in [0.5, 0.6) is 0 Å². The van der Waals surface area contributed by atoms with E-state index in [1.165, 1.54) is 24.2 Å². The molecule has 0 aliphatic heterocycles. The fraction of sp³-hybridized carbons (Fsp3) is 0.500. The molecule has 1 aromatic rings. The highest BCUT2D eigenvalue weighted by Gasteiger charge is 2.15. The predicted molar refractivity (Wildman–Crippen MR) is 67.9 cm³/mol. The second-order valence-electron chi connectivity index (χ2n) is 4.19. The van der Waals surface area contributed by atoms with Crippen LogP contribution in [0, 0.1) is 11.3 Å². The first kappa shape index (κ1) is 12.1. The van der Waals surface area contributed by atoms with Crippen molar-refractivity contribution >= 4 is 22.2 Å². The first-order valence-corrected chi connectivity index (χ1v) is 6.68. The number of nitrogens with one attached hydrogen (secondary N) is 2. The van der Waals surface area contributed by atoms with Gasteiger partial charge in [0.2, 0.25) is 5.91 Å². The highest BCUT2D eigenvalue weighted by atomic mass is 32.1. The van der Waals surface area contributed by atoms with Gasteiger partial charge in [0, 0.05) is 6.04 Å². The summed E-state index contributed by atoms with van der Waals surface area (Å²) in [6, 6.07) is 4.25. The molecule has 1 aromatic heterocycles. The second kappa shape index (κ2) is 5.80. The molecule has 0 spiro atoms. The standard InChI is InChI=1S/C12H15N3OS/c13-7-9-5-6-17-12(9)15-11(16)8-14-10-3-1-2-4-10/h5-6,10,14H,1-4,8H2,(H,15,16). The first-order chi connectivity index (χ1) is 8.29. The third-order valence-electron chi connectivity index (χ3n) is 2.95. The van der Waals surface area contributed by atoms with Crippen molar-refractivity contribution in [3.63, 3.8) is 0 Å². The minimum Gasteiger partial charge on any atom is -0.315 e. The molecule has 1 fully saturated rings. The fourth-order valence-corrected chi connectivity index (χ4v) is 2.79. The lowest BCUT2D eigenvalue weighted by molar-refractivity contribution is -0.115. The molecule has 90 valence electrons. The normalized spacial score (nSPS) is 15.7. The van der Waals surface area contributed by atoms with Crippen LogP contribution in [-0.4, -0.2) is 18.5 Å². The van der Waals surface area contributed by atoms with Crippen LogP contribution in [0.2, 0.25) is 0 Å². The molecule has 0 saturated heterocycles. The van der Waals surface area contributed by atoms with Crippen molar-refractivity contribution in [1.29, 1.82) is 5.26 Å². The van der Waals surface area contributed by atoms with E-state index in [-0.39, 0.29) is 5.91 Å². The Morgan fingerprint density at radius 2 is 2.29 bits per heavy atom. The van der Waals surface area contributed by atoms with Gasteiger partial charge in [0.25, 0.3) is 0 Å². The van der Waals surface area contributed by atoms with Gasteiger partial charge in [-0.25, -0.2) is 0 Å². The van der Waals surface area contributed by atoms with E-state index in [9.17, 15) is 4.79 Å². The van der Waals surface area contributed by atoms with Gasteiger partial charge in [0.1, 0.15) is 11.1 Å². The Bertz CT molecular complexity index is 429. The molecule has 2 rings (SSSR count). The maximum Gasteiger partial charge on any atom is 0.238 e. The van der Waals surface area contributed by atoms with E-state index < -0.39 is 0 Å². The Morgan fingerprint density at radius 1 is 1.53 bits per heavy atom. The minimum absolute atomic E-state index is 0.0733. The molecule has 1 amide bonds. The monoisotopic (exact) mass is 249 g/mol. The largest absolute Gasteiger partial charge is 0.315 e. The molecule has 0 unspecified atom stereocenters. The Kier molecular flexibility index (Phi) is 4.13. The Morgan fingerprint density at radius 3 is 3.00 bits per heavy atom. The molecule has 1 saturated carbocycles. The van der Waals surface area contributed by atoms with Gasteiger partial charge in [-0.3, -0.25) is 4.79 Å². The number of anilines is 1. The summed E-state index contributed by atoms with van der Waals surface area (Å²) in [5, 5.41) is 17.3. The van der Waals surface area contributed by atoms with Crippen molar-refractivity contribution in [2.45, 2.75) is 31.7 Å². The number of hydrogen-bond acceptors (Lipinski definition) is 4. The number of nitrogens with zero attached hydrogens (tertiary/aromatic N) is 1. The molecule has 0 atom stereocenters. The number of nitriles is 1. The molecule has 1 heterocycles.